The maximum Gasteiger partial charge on any atom is 0.262 e. The Balaban J connectivity index is 1.55. The van der Waals surface area contributed by atoms with Crippen molar-refractivity contribution in [2.45, 2.75) is 19.4 Å². The van der Waals surface area contributed by atoms with E-state index in [1.807, 2.05) is 49.4 Å². The van der Waals surface area contributed by atoms with Crippen molar-refractivity contribution in [3.8, 4) is 5.75 Å². The molecule has 0 aromatic heterocycles. The van der Waals surface area contributed by atoms with Crippen LogP contribution in [0.3, 0.4) is 0 Å². The third kappa shape index (κ3) is 4.31. The molecule has 0 bridgehead atoms. The lowest BCUT2D eigenvalue weighted by Gasteiger charge is -2.12. The summed E-state index contributed by atoms with van der Waals surface area (Å²) in [5.74, 6) is 0.529. The Morgan fingerprint density at radius 3 is 2.83 bits per heavy atom. The molecule has 2 aromatic carbocycles. The first-order valence-corrected chi connectivity index (χ1v) is 7.78. The van der Waals surface area contributed by atoms with Gasteiger partial charge >= 0.3 is 0 Å². The van der Waals surface area contributed by atoms with Crippen LogP contribution in [0.25, 0.3) is 0 Å². The number of carbonyl (C=O) groups is 1. The Hall–Kier alpha value is -2.37. The van der Waals surface area contributed by atoms with E-state index in [9.17, 15) is 4.79 Å². The molecule has 1 aliphatic heterocycles. The number of ether oxygens (including phenoxy) is 1. The minimum absolute atomic E-state index is 0.00345. The standard InChI is InChI=1S/C18H21N3O2/c1-13-5-7-16(8-6-13)23-12-18(22)20-15-4-2-3-14(11-15)17-9-10-19-21-17/h2-8,11,17,19,21H,9-10,12H2,1H3,(H,20,22). The van der Waals surface area contributed by atoms with Crippen molar-refractivity contribution in [2.24, 2.45) is 0 Å². The molecule has 3 rings (SSSR count). The summed E-state index contributed by atoms with van der Waals surface area (Å²) in [5, 5.41) is 2.88. The van der Waals surface area contributed by atoms with Crippen LogP contribution >= 0.6 is 0 Å². The second-order valence-electron chi connectivity index (χ2n) is 5.69. The average molecular weight is 311 g/mol. The van der Waals surface area contributed by atoms with Crippen LogP contribution in [0.4, 0.5) is 5.69 Å². The number of anilines is 1. The Morgan fingerprint density at radius 2 is 2.09 bits per heavy atom. The summed E-state index contributed by atoms with van der Waals surface area (Å²) in [4.78, 5) is 12.0. The Labute approximate surface area is 136 Å². The molecule has 0 saturated carbocycles. The van der Waals surface area contributed by atoms with E-state index in [-0.39, 0.29) is 18.6 Å². The van der Waals surface area contributed by atoms with Crippen molar-refractivity contribution < 1.29 is 9.53 Å². The van der Waals surface area contributed by atoms with Gasteiger partial charge in [-0.25, -0.2) is 0 Å². The van der Waals surface area contributed by atoms with Crippen molar-refractivity contribution in [3.05, 3.63) is 59.7 Å². The van der Waals surface area contributed by atoms with Crippen LogP contribution in [-0.2, 0) is 4.79 Å². The zero-order chi connectivity index (χ0) is 16.1. The highest BCUT2D eigenvalue weighted by Crippen LogP contribution is 2.21. The summed E-state index contributed by atoms with van der Waals surface area (Å²) in [6.07, 6.45) is 1.04. The molecule has 1 aliphatic rings. The minimum Gasteiger partial charge on any atom is -0.484 e. The first kappa shape index (κ1) is 15.5. The summed E-state index contributed by atoms with van der Waals surface area (Å²) < 4.78 is 5.49. The van der Waals surface area contributed by atoms with E-state index in [0.717, 1.165) is 29.8 Å². The monoisotopic (exact) mass is 311 g/mol. The fraction of sp³-hybridized carbons (Fsp3) is 0.278. The topological polar surface area (TPSA) is 62.4 Å². The summed E-state index contributed by atoms with van der Waals surface area (Å²) in [6.45, 7) is 2.96. The van der Waals surface area contributed by atoms with Gasteiger partial charge in [0.15, 0.2) is 6.61 Å². The molecule has 5 nitrogen and oxygen atoms in total. The van der Waals surface area contributed by atoms with Crippen molar-refractivity contribution >= 4 is 11.6 Å². The molecule has 1 unspecified atom stereocenters. The number of aryl methyl sites for hydroxylation is 1. The molecule has 1 heterocycles. The van der Waals surface area contributed by atoms with E-state index in [1.54, 1.807) is 0 Å². The molecule has 120 valence electrons. The van der Waals surface area contributed by atoms with Crippen molar-refractivity contribution in [1.29, 1.82) is 0 Å². The van der Waals surface area contributed by atoms with Gasteiger partial charge in [-0.15, -0.1) is 0 Å². The maximum atomic E-state index is 12.0. The number of hydrogen-bond donors (Lipinski definition) is 3. The van der Waals surface area contributed by atoms with Crippen LogP contribution in [0.5, 0.6) is 5.75 Å². The van der Waals surface area contributed by atoms with Gasteiger partial charge in [0.25, 0.3) is 5.91 Å². The third-order valence-electron chi connectivity index (χ3n) is 3.80. The summed E-state index contributed by atoms with van der Waals surface area (Å²) >= 11 is 0. The van der Waals surface area contributed by atoms with Gasteiger partial charge in [-0.3, -0.25) is 15.6 Å². The highest BCUT2D eigenvalue weighted by atomic mass is 16.5. The van der Waals surface area contributed by atoms with Crippen molar-refractivity contribution in [2.75, 3.05) is 18.5 Å². The highest BCUT2D eigenvalue weighted by molar-refractivity contribution is 5.91. The molecule has 2 aromatic rings. The zero-order valence-electron chi connectivity index (χ0n) is 13.1. The van der Waals surface area contributed by atoms with E-state index in [2.05, 4.69) is 22.2 Å². The fourth-order valence-corrected chi connectivity index (χ4v) is 2.55. The molecule has 0 radical (unpaired) electrons. The van der Waals surface area contributed by atoms with Crippen LogP contribution in [0.2, 0.25) is 0 Å². The summed E-state index contributed by atoms with van der Waals surface area (Å²) in [5.41, 5.74) is 9.44. The lowest BCUT2D eigenvalue weighted by molar-refractivity contribution is -0.118. The molecule has 0 spiro atoms. The summed E-state index contributed by atoms with van der Waals surface area (Å²) in [6, 6.07) is 15.8. The predicted octanol–water partition coefficient (Wildman–Crippen LogP) is 2.55. The van der Waals surface area contributed by atoms with Crippen LogP contribution in [0.1, 0.15) is 23.6 Å². The van der Waals surface area contributed by atoms with Gasteiger partial charge in [-0.2, -0.15) is 0 Å². The lowest BCUT2D eigenvalue weighted by Crippen LogP contribution is -2.24. The van der Waals surface area contributed by atoms with E-state index in [0.29, 0.717) is 5.75 Å². The molecule has 1 fully saturated rings. The minimum atomic E-state index is -0.166. The fourth-order valence-electron chi connectivity index (χ4n) is 2.55. The van der Waals surface area contributed by atoms with Crippen LogP contribution < -0.4 is 20.9 Å². The average Bonchev–Trinajstić information content (AvgIpc) is 3.09. The first-order chi connectivity index (χ1) is 11.2. The van der Waals surface area contributed by atoms with Crippen LogP contribution in [-0.4, -0.2) is 19.1 Å². The van der Waals surface area contributed by atoms with Gasteiger partial charge in [-0.05, 0) is 43.2 Å². The maximum absolute atomic E-state index is 12.0. The van der Waals surface area contributed by atoms with Crippen LogP contribution in [0.15, 0.2) is 48.5 Å². The van der Waals surface area contributed by atoms with Gasteiger partial charge < -0.3 is 10.1 Å². The van der Waals surface area contributed by atoms with Gasteiger partial charge in [0.1, 0.15) is 5.75 Å². The molecule has 1 atom stereocenters. The Kier molecular flexibility index (Phi) is 4.90. The summed E-state index contributed by atoms with van der Waals surface area (Å²) in [7, 11) is 0. The number of nitrogens with one attached hydrogen (secondary N) is 3. The number of rotatable bonds is 5. The second-order valence-corrected chi connectivity index (χ2v) is 5.69. The van der Waals surface area contributed by atoms with E-state index in [1.165, 1.54) is 0 Å². The molecule has 0 aliphatic carbocycles. The quantitative estimate of drug-likeness (QED) is 0.794. The molecule has 1 saturated heterocycles. The predicted molar refractivity (Wildman–Crippen MR) is 90.2 cm³/mol. The van der Waals surface area contributed by atoms with Gasteiger partial charge in [0.05, 0.1) is 0 Å². The number of amides is 1. The molecule has 3 N–H and O–H groups in total. The Morgan fingerprint density at radius 1 is 1.26 bits per heavy atom. The molecular formula is C18H21N3O2. The second kappa shape index (κ2) is 7.26. The molecule has 1 amide bonds. The number of hydrazine groups is 1. The normalized spacial score (nSPS) is 17.0. The number of hydrogen-bond acceptors (Lipinski definition) is 4. The first-order valence-electron chi connectivity index (χ1n) is 7.78. The van der Waals surface area contributed by atoms with Crippen molar-refractivity contribution in [1.82, 2.24) is 10.9 Å². The number of benzene rings is 2. The van der Waals surface area contributed by atoms with Crippen LogP contribution in [0, 0.1) is 6.92 Å². The zero-order valence-corrected chi connectivity index (χ0v) is 13.1. The van der Waals surface area contributed by atoms with Gasteiger partial charge in [0, 0.05) is 18.3 Å². The van der Waals surface area contributed by atoms with E-state index >= 15 is 0 Å². The SMILES string of the molecule is Cc1ccc(OCC(=O)Nc2cccc(C3CCNN3)c2)cc1. The third-order valence-corrected chi connectivity index (χ3v) is 3.80. The van der Waals surface area contributed by atoms with E-state index in [4.69, 9.17) is 4.74 Å². The number of carbonyl (C=O) groups excluding carboxylic acids is 1. The Bertz CT molecular complexity index is 664. The van der Waals surface area contributed by atoms with Gasteiger partial charge in [0.2, 0.25) is 0 Å². The highest BCUT2D eigenvalue weighted by Gasteiger charge is 2.16. The molecule has 23 heavy (non-hydrogen) atoms. The van der Waals surface area contributed by atoms with Crippen molar-refractivity contribution in [3.63, 3.8) is 0 Å². The molecular weight excluding hydrogens is 290 g/mol. The largest absolute Gasteiger partial charge is 0.484 e. The van der Waals surface area contributed by atoms with Gasteiger partial charge in [-0.1, -0.05) is 29.8 Å². The molecule has 5 heteroatoms. The smallest absolute Gasteiger partial charge is 0.262 e. The lowest BCUT2D eigenvalue weighted by atomic mass is 10.1. The van der Waals surface area contributed by atoms with E-state index < -0.39 is 0 Å².